The van der Waals surface area contributed by atoms with Gasteiger partial charge in [0.1, 0.15) is 29.5 Å². The van der Waals surface area contributed by atoms with Crippen LogP contribution in [0.1, 0.15) is 55.3 Å². The van der Waals surface area contributed by atoms with Gasteiger partial charge in [0.05, 0.1) is 11.1 Å². The molecule has 0 aliphatic heterocycles. The fraction of sp³-hybridized carbons (Fsp3) is 0.400. The lowest BCUT2D eigenvalue weighted by Crippen LogP contribution is -2.27. The van der Waals surface area contributed by atoms with Gasteiger partial charge >= 0.3 is 0 Å². The van der Waals surface area contributed by atoms with Crippen LogP contribution >= 0.6 is 0 Å². The van der Waals surface area contributed by atoms with E-state index < -0.39 is 5.82 Å². The predicted octanol–water partition coefficient (Wildman–Crippen LogP) is 5.87. The molecule has 2 aromatic carbocycles. The number of carbonyl (C=O) groups is 1. The molecule has 0 radical (unpaired) electrons. The van der Waals surface area contributed by atoms with Crippen LogP contribution < -0.4 is 4.74 Å². The molecule has 0 aliphatic carbocycles. The highest BCUT2D eigenvalue weighted by Crippen LogP contribution is 2.30. The summed E-state index contributed by atoms with van der Waals surface area (Å²) in [5.74, 6) is 0.131. The lowest BCUT2D eigenvalue weighted by molar-refractivity contribution is 0.103. The molecule has 0 amide bonds. The van der Waals surface area contributed by atoms with E-state index in [1.165, 1.54) is 12.1 Å². The van der Waals surface area contributed by atoms with Crippen LogP contribution in [0.3, 0.4) is 0 Å². The van der Waals surface area contributed by atoms with Crippen molar-refractivity contribution in [3.05, 3.63) is 65.2 Å². The van der Waals surface area contributed by atoms with Crippen LogP contribution in [0.4, 0.5) is 4.39 Å². The number of aryl methyl sites for hydroxylation is 1. The van der Waals surface area contributed by atoms with Crippen molar-refractivity contribution in [1.82, 2.24) is 4.90 Å². The van der Waals surface area contributed by atoms with Crippen LogP contribution in [0.15, 0.2) is 46.9 Å². The molecule has 3 rings (SSSR count). The van der Waals surface area contributed by atoms with Crippen molar-refractivity contribution in [3.8, 4) is 5.75 Å². The van der Waals surface area contributed by atoms with E-state index in [0.717, 1.165) is 37.9 Å². The highest BCUT2D eigenvalue weighted by Gasteiger charge is 2.24. The normalized spacial score (nSPS) is 11.4. The zero-order valence-corrected chi connectivity index (χ0v) is 18.0. The average Bonchev–Trinajstić information content (AvgIpc) is 3.13. The monoisotopic (exact) mass is 411 g/mol. The number of benzene rings is 2. The van der Waals surface area contributed by atoms with Gasteiger partial charge in [-0.15, -0.1) is 0 Å². The predicted molar refractivity (Wildman–Crippen MR) is 118 cm³/mol. The summed E-state index contributed by atoms with van der Waals surface area (Å²) >= 11 is 0. The quantitative estimate of drug-likeness (QED) is 0.370. The van der Waals surface area contributed by atoms with E-state index in [-0.39, 0.29) is 11.3 Å². The molecule has 0 N–H and O–H groups in total. The molecule has 0 unspecified atom stereocenters. The van der Waals surface area contributed by atoms with Crippen LogP contribution in [0.2, 0.25) is 0 Å². The third-order valence-corrected chi connectivity index (χ3v) is 5.41. The topological polar surface area (TPSA) is 42.7 Å². The number of furan rings is 1. The van der Waals surface area contributed by atoms with E-state index in [1.54, 1.807) is 6.07 Å². The van der Waals surface area contributed by atoms with Gasteiger partial charge in [-0.3, -0.25) is 4.79 Å². The first-order valence-electron chi connectivity index (χ1n) is 10.8. The lowest BCUT2D eigenvalue weighted by atomic mass is 9.98. The van der Waals surface area contributed by atoms with Gasteiger partial charge in [-0.1, -0.05) is 45.4 Å². The lowest BCUT2D eigenvalue weighted by Gasteiger charge is -2.18. The number of rotatable bonds is 11. The summed E-state index contributed by atoms with van der Waals surface area (Å²) in [5.41, 5.74) is 1.16. The minimum absolute atomic E-state index is 0.0374. The van der Waals surface area contributed by atoms with Gasteiger partial charge in [0.2, 0.25) is 0 Å². The van der Waals surface area contributed by atoms with Crippen molar-refractivity contribution < 1.29 is 18.3 Å². The zero-order chi connectivity index (χ0) is 21.5. The maximum absolute atomic E-state index is 14.9. The van der Waals surface area contributed by atoms with Gasteiger partial charge in [-0.05, 0) is 37.7 Å². The molecule has 30 heavy (non-hydrogen) atoms. The molecule has 0 saturated heterocycles. The van der Waals surface area contributed by atoms with Gasteiger partial charge < -0.3 is 14.1 Å². The Kier molecular flexibility index (Phi) is 7.63. The number of halogens is 1. The average molecular weight is 412 g/mol. The van der Waals surface area contributed by atoms with Crippen LogP contribution in [0.5, 0.6) is 5.75 Å². The van der Waals surface area contributed by atoms with E-state index in [1.807, 2.05) is 24.3 Å². The molecule has 1 aromatic heterocycles. The highest BCUT2D eigenvalue weighted by molar-refractivity contribution is 6.17. The fourth-order valence-electron chi connectivity index (χ4n) is 3.60. The molecule has 4 nitrogen and oxygen atoms in total. The molecule has 0 saturated carbocycles. The van der Waals surface area contributed by atoms with Crippen molar-refractivity contribution in [2.24, 2.45) is 0 Å². The third kappa shape index (κ3) is 4.90. The van der Waals surface area contributed by atoms with Gasteiger partial charge in [-0.2, -0.15) is 0 Å². The van der Waals surface area contributed by atoms with Crippen molar-refractivity contribution in [2.45, 2.75) is 40.0 Å². The van der Waals surface area contributed by atoms with Crippen molar-refractivity contribution in [1.29, 1.82) is 0 Å². The number of ether oxygens (including phenoxy) is 1. The van der Waals surface area contributed by atoms with Crippen LogP contribution in [-0.2, 0) is 6.42 Å². The van der Waals surface area contributed by atoms with Crippen LogP contribution in [0, 0.1) is 5.82 Å². The van der Waals surface area contributed by atoms with Crippen molar-refractivity contribution >= 4 is 16.8 Å². The minimum Gasteiger partial charge on any atom is -0.492 e. The van der Waals surface area contributed by atoms with Gasteiger partial charge in [0.25, 0.3) is 0 Å². The molecular formula is C25H30FNO3. The van der Waals surface area contributed by atoms with E-state index >= 15 is 0 Å². The minimum atomic E-state index is -0.577. The molecule has 0 fully saturated rings. The van der Waals surface area contributed by atoms with Gasteiger partial charge in [0.15, 0.2) is 5.78 Å². The molecule has 5 heteroatoms. The Balaban J connectivity index is 1.83. The third-order valence-electron chi connectivity index (χ3n) is 5.41. The number of fused-ring (bicyclic) bond motifs is 1. The number of hydrogen-bond acceptors (Lipinski definition) is 4. The summed E-state index contributed by atoms with van der Waals surface area (Å²) in [6.07, 6.45) is 2.54. The van der Waals surface area contributed by atoms with Gasteiger partial charge in [-0.25, -0.2) is 4.39 Å². The zero-order valence-electron chi connectivity index (χ0n) is 18.0. The number of carbonyl (C=O) groups excluding carboxylic acids is 1. The number of ketones is 1. The summed E-state index contributed by atoms with van der Waals surface area (Å²) in [5, 5.41) is 0.729. The summed E-state index contributed by atoms with van der Waals surface area (Å²) in [6.45, 7) is 9.42. The Labute approximate surface area is 177 Å². The van der Waals surface area contributed by atoms with E-state index in [4.69, 9.17) is 9.15 Å². The summed E-state index contributed by atoms with van der Waals surface area (Å²) in [4.78, 5) is 15.5. The first kappa shape index (κ1) is 22.0. The SMILES string of the molecule is CCCCc1oc2ccccc2c1C(=O)c1ccc(OCCN(CC)CC)cc1F. The summed E-state index contributed by atoms with van der Waals surface area (Å²) in [6, 6.07) is 11.9. The van der Waals surface area contributed by atoms with E-state index in [2.05, 4.69) is 25.7 Å². The molecule has 0 atom stereocenters. The number of likely N-dealkylation sites (N-methyl/N-ethyl adjacent to an activating group) is 1. The van der Waals surface area contributed by atoms with Crippen LogP contribution in [-0.4, -0.2) is 36.9 Å². The first-order chi connectivity index (χ1) is 14.6. The fourth-order valence-corrected chi connectivity index (χ4v) is 3.60. The highest BCUT2D eigenvalue weighted by atomic mass is 19.1. The molecule has 0 bridgehead atoms. The Morgan fingerprint density at radius 2 is 1.87 bits per heavy atom. The second kappa shape index (κ2) is 10.4. The molecule has 0 aliphatic rings. The maximum Gasteiger partial charge on any atom is 0.200 e. The summed E-state index contributed by atoms with van der Waals surface area (Å²) < 4.78 is 26.5. The Morgan fingerprint density at radius 1 is 1.10 bits per heavy atom. The van der Waals surface area contributed by atoms with E-state index in [0.29, 0.717) is 35.7 Å². The second-order valence-electron chi connectivity index (χ2n) is 7.35. The number of hydrogen-bond donors (Lipinski definition) is 0. The second-order valence-corrected chi connectivity index (χ2v) is 7.35. The Bertz CT molecular complexity index is 991. The van der Waals surface area contributed by atoms with E-state index in [9.17, 15) is 9.18 Å². The number of para-hydroxylation sites is 1. The standard InChI is InChI=1S/C25H30FNO3/c1-4-7-11-23-24(20-10-8-9-12-22(20)30-23)25(28)19-14-13-18(17-21(19)26)29-16-15-27(5-2)6-3/h8-10,12-14,17H,4-7,11,15-16H2,1-3H3. The molecular weight excluding hydrogens is 381 g/mol. The molecule has 160 valence electrons. The largest absolute Gasteiger partial charge is 0.492 e. The number of nitrogens with zero attached hydrogens (tertiary/aromatic N) is 1. The van der Waals surface area contributed by atoms with Gasteiger partial charge in [0, 0.05) is 24.4 Å². The molecule has 3 aromatic rings. The summed E-state index contributed by atoms with van der Waals surface area (Å²) in [7, 11) is 0. The maximum atomic E-state index is 14.9. The smallest absolute Gasteiger partial charge is 0.200 e. The van der Waals surface area contributed by atoms with Crippen molar-refractivity contribution in [2.75, 3.05) is 26.2 Å². The Morgan fingerprint density at radius 3 is 2.57 bits per heavy atom. The van der Waals surface area contributed by atoms with Crippen molar-refractivity contribution in [3.63, 3.8) is 0 Å². The number of unbranched alkanes of at least 4 members (excludes halogenated alkanes) is 1. The molecule has 1 heterocycles. The van der Waals surface area contributed by atoms with Crippen LogP contribution in [0.25, 0.3) is 11.0 Å². The molecule has 0 spiro atoms. The Hall–Kier alpha value is -2.66. The first-order valence-corrected chi connectivity index (χ1v) is 10.8.